The van der Waals surface area contributed by atoms with Gasteiger partial charge in [-0.1, -0.05) is 6.07 Å². The van der Waals surface area contributed by atoms with Crippen molar-refractivity contribution in [2.45, 2.75) is 32.1 Å². The molecule has 1 aromatic heterocycles. The fourth-order valence-corrected chi connectivity index (χ4v) is 3.14. The predicted molar refractivity (Wildman–Crippen MR) is 85.8 cm³/mol. The van der Waals surface area contributed by atoms with E-state index in [0.717, 1.165) is 5.56 Å². The van der Waals surface area contributed by atoms with Gasteiger partial charge in [-0.3, -0.25) is 14.6 Å². The Bertz CT molecular complexity index is 577. The minimum absolute atomic E-state index is 0.0399. The van der Waals surface area contributed by atoms with Gasteiger partial charge in [0.15, 0.2) is 5.79 Å². The lowest BCUT2D eigenvalue weighted by molar-refractivity contribution is -0.187. The average Bonchev–Trinajstić information content (AvgIpc) is 3.03. The van der Waals surface area contributed by atoms with Gasteiger partial charge in [0.25, 0.3) is 0 Å². The van der Waals surface area contributed by atoms with Crippen LogP contribution < -0.4 is 0 Å². The average molecular weight is 333 g/mol. The van der Waals surface area contributed by atoms with Crippen LogP contribution in [0.2, 0.25) is 0 Å². The highest BCUT2D eigenvalue weighted by Gasteiger charge is 2.40. The molecule has 0 bridgehead atoms. The Morgan fingerprint density at radius 2 is 2.00 bits per heavy atom. The second-order valence-corrected chi connectivity index (χ2v) is 6.22. The third kappa shape index (κ3) is 3.91. The van der Waals surface area contributed by atoms with Gasteiger partial charge < -0.3 is 19.3 Å². The van der Waals surface area contributed by atoms with Crippen molar-refractivity contribution in [3.63, 3.8) is 0 Å². The van der Waals surface area contributed by atoms with Gasteiger partial charge in [-0.15, -0.1) is 0 Å². The van der Waals surface area contributed by atoms with Crippen molar-refractivity contribution in [1.29, 1.82) is 0 Å². The van der Waals surface area contributed by atoms with E-state index in [0.29, 0.717) is 45.7 Å². The second kappa shape index (κ2) is 7.27. The summed E-state index contributed by atoms with van der Waals surface area (Å²) in [4.78, 5) is 31.8. The molecule has 2 aliphatic heterocycles. The SMILES string of the molecule is CC(=O)N(CC(=O)N1CCC2(CC1)OCCO2)Cc1cccnc1. The quantitative estimate of drug-likeness (QED) is 0.815. The monoisotopic (exact) mass is 333 g/mol. The van der Waals surface area contributed by atoms with Gasteiger partial charge in [0.1, 0.15) is 6.54 Å². The van der Waals surface area contributed by atoms with Crippen molar-refractivity contribution >= 4 is 11.8 Å². The summed E-state index contributed by atoms with van der Waals surface area (Å²) in [5.74, 6) is -0.655. The largest absolute Gasteiger partial charge is 0.347 e. The van der Waals surface area contributed by atoms with Crippen LogP contribution in [0.4, 0.5) is 0 Å². The maximum atomic E-state index is 12.5. The maximum Gasteiger partial charge on any atom is 0.242 e. The first-order chi connectivity index (χ1) is 11.6. The van der Waals surface area contributed by atoms with Gasteiger partial charge in [0.2, 0.25) is 11.8 Å². The molecule has 2 fully saturated rings. The molecule has 3 heterocycles. The van der Waals surface area contributed by atoms with Crippen LogP contribution in [0.5, 0.6) is 0 Å². The molecule has 0 unspecified atom stereocenters. The normalized spacial score (nSPS) is 19.5. The van der Waals surface area contributed by atoms with Gasteiger partial charge in [0.05, 0.1) is 13.2 Å². The lowest BCUT2D eigenvalue weighted by Crippen LogP contribution is -2.50. The minimum Gasteiger partial charge on any atom is -0.347 e. The number of aromatic nitrogens is 1. The van der Waals surface area contributed by atoms with E-state index in [9.17, 15) is 9.59 Å². The maximum absolute atomic E-state index is 12.5. The van der Waals surface area contributed by atoms with E-state index in [-0.39, 0.29) is 18.4 Å². The number of pyridine rings is 1. The molecule has 0 atom stereocenters. The molecular weight excluding hydrogens is 310 g/mol. The molecule has 7 nitrogen and oxygen atoms in total. The molecule has 0 aliphatic carbocycles. The first-order valence-corrected chi connectivity index (χ1v) is 8.28. The lowest BCUT2D eigenvalue weighted by Gasteiger charge is -2.38. The van der Waals surface area contributed by atoms with Crippen molar-refractivity contribution < 1.29 is 19.1 Å². The molecule has 1 aromatic rings. The standard InChI is InChI=1S/C17H23N3O4/c1-14(21)20(12-15-3-2-6-18-11-15)13-16(22)19-7-4-17(5-8-19)23-9-10-24-17/h2-3,6,11H,4-5,7-10,12-13H2,1H3. The summed E-state index contributed by atoms with van der Waals surface area (Å²) in [6.07, 6.45) is 4.76. The number of carbonyl (C=O) groups is 2. The van der Waals surface area contributed by atoms with E-state index in [1.54, 1.807) is 22.2 Å². The van der Waals surface area contributed by atoms with Crippen LogP contribution in [-0.2, 0) is 25.6 Å². The number of likely N-dealkylation sites (tertiary alicyclic amines) is 1. The van der Waals surface area contributed by atoms with E-state index in [4.69, 9.17) is 9.47 Å². The zero-order valence-corrected chi connectivity index (χ0v) is 13.9. The number of amides is 2. The summed E-state index contributed by atoms with van der Waals surface area (Å²) in [6.45, 7) is 4.39. The number of ether oxygens (including phenoxy) is 2. The highest BCUT2D eigenvalue weighted by Crippen LogP contribution is 2.31. The molecule has 0 aromatic carbocycles. The van der Waals surface area contributed by atoms with E-state index in [1.165, 1.54) is 6.92 Å². The zero-order chi connectivity index (χ0) is 17.0. The van der Waals surface area contributed by atoms with Crippen molar-refractivity contribution in [2.24, 2.45) is 0 Å². The highest BCUT2D eigenvalue weighted by molar-refractivity contribution is 5.83. The summed E-state index contributed by atoms with van der Waals surface area (Å²) in [5, 5.41) is 0. The number of hydrogen-bond donors (Lipinski definition) is 0. The van der Waals surface area contributed by atoms with E-state index in [1.807, 2.05) is 12.1 Å². The molecule has 1 spiro atoms. The molecule has 0 N–H and O–H groups in total. The molecule has 0 radical (unpaired) electrons. The number of hydrogen-bond acceptors (Lipinski definition) is 5. The van der Waals surface area contributed by atoms with Gasteiger partial charge in [-0.25, -0.2) is 0 Å². The van der Waals surface area contributed by atoms with Crippen molar-refractivity contribution in [3.8, 4) is 0 Å². The van der Waals surface area contributed by atoms with E-state index in [2.05, 4.69) is 4.98 Å². The van der Waals surface area contributed by atoms with Crippen LogP contribution in [0.25, 0.3) is 0 Å². The van der Waals surface area contributed by atoms with Crippen LogP contribution in [-0.4, -0.2) is 65.2 Å². The molecule has 2 saturated heterocycles. The van der Waals surface area contributed by atoms with Gasteiger partial charge >= 0.3 is 0 Å². The Labute approximate surface area is 141 Å². The first-order valence-electron chi connectivity index (χ1n) is 8.28. The van der Waals surface area contributed by atoms with Crippen molar-refractivity contribution in [3.05, 3.63) is 30.1 Å². The minimum atomic E-state index is -0.493. The third-order valence-electron chi connectivity index (χ3n) is 4.56. The summed E-state index contributed by atoms with van der Waals surface area (Å²) in [5.41, 5.74) is 0.908. The molecule has 2 amide bonds. The Kier molecular flexibility index (Phi) is 5.11. The van der Waals surface area contributed by atoms with Crippen LogP contribution in [0, 0.1) is 0 Å². The molecule has 7 heteroatoms. The summed E-state index contributed by atoms with van der Waals surface area (Å²) < 4.78 is 11.4. The van der Waals surface area contributed by atoms with Crippen molar-refractivity contribution in [1.82, 2.24) is 14.8 Å². The zero-order valence-electron chi connectivity index (χ0n) is 13.9. The molecule has 0 saturated carbocycles. The van der Waals surface area contributed by atoms with Gasteiger partial charge in [0, 0.05) is 51.8 Å². The molecular formula is C17H23N3O4. The van der Waals surface area contributed by atoms with Gasteiger partial charge in [-0.05, 0) is 11.6 Å². The predicted octanol–water partition coefficient (Wildman–Crippen LogP) is 0.796. The fraction of sp³-hybridized carbons (Fsp3) is 0.588. The smallest absolute Gasteiger partial charge is 0.242 e. The van der Waals surface area contributed by atoms with Crippen LogP contribution >= 0.6 is 0 Å². The van der Waals surface area contributed by atoms with Crippen LogP contribution in [0.1, 0.15) is 25.3 Å². The number of rotatable bonds is 4. The number of piperidine rings is 1. The summed E-state index contributed by atoms with van der Waals surface area (Å²) in [6, 6.07) is 3.72. The molecule has 24 heavy (non-hydrogen) atoms. The summed E-state index contributed by atoms with van der Waals surface area (Å²) in [7, 11) is 0. The second-order valence-electron chi connectivity index (χ2n) is 6.22. The van der Waals surface area contributed by atoms with Crippen LogP contribution in [0.3, 0.4) is 0 Å². The Hall–Kier alpha value is -1.99. The van der Waals surface area contributed by atoms with Gasteiger partial charge in [-0.2, -0.15) is 0 Å². The Morgan fingerprint density at radius 1 is 1.29 bits per heavy atom. The Balaban J connectivity index is 1.55. The van der Waals surface area contributed by atoms with E-state index >= 15 is 0 Å². The summed E-state index contributed by atoms with van der Waals surface area (Å²) >= 11 is 0. The number of nitrogens with zero attached hydrogens (tertiary/aromatic N) is 3. The fourth-order valence-electron chi connectivity index (χ4n) is 3.14. The van der Waals surface area contributed by atoms with Crippen LogP contribution in [0.15, 0.2) is 24.5 Å². The lowest BCUT2D eigenvalue weighted by atomic mass is 10.0. The Morgan fingerprint density at radius 3 is 2.58 bits per heavy atom. The van der Waals surface area contributed by atoms with Crippen molar-refractivity contribution in [2.75, 3.05) is 32.8 Å². The highest BCUT2D eigenvalue weighted by atomic mass is 16.7. The molecule has 3 rings (SSSR count). The first kappa shape index (κ1) is 16.9. The molecule has 2 aliphatic rings. The third-order valence-corrected chi connectivity index (χ3v) is 4.56. The van der Waals surface area contributed by atoms with E-state index < -0.39 is 5.79 Å². The number of carbonyl (C=O) groups excluding carboxylic acids is 2. The molecule has 130 valence electrons. The topological polar surface area (TPSA) is 72.0 Å².